The normalized spacial score (nSPS) is 17.3. The molecule has 0 bridgehead atoms. The summed E-state index contributed by atoms with van der Waals surface area (Å²) in [6, 6.07) is 0. The van der Waals surface area contributed by atoms with Crippen LogP contribution in [-0.2, 0) is 0 Å². The average Bonchev–Trinajstić information content (AvgIpc) is 1.96. The molecule has 0 aliphatic carbocycles. The molecule has 0 amide bonds. The Bertz CT molecular complexity index is 228. The predicted molar refractivity (Wildman–Crippen MR) is 65.9 cm³/mol. The number of hydrogen-bond donors (Lipinski definition) is 2. The Balaban J connectivity index is 5.01. The molecule has 0 heterocycles. The fraction of sp³-hybridized carbons (Fsp3) is 1.00. The Morgan fingerprint density at radius 3 is 1.73 bits per heavy atom. The molecule has 1 unspecified atom stereocenters. The third kappa shape index (κ3) is 5.01. The maximum absolute atomic E-state index is 10.5. The monoisotopic (exact) mass is 237 g/mol. The molecule has 0 saturated carbocycles. The molecule has 92 valence electrons. The van der Waals surface area contributed by atoms with Crippen LogP contribution in [0.25, 0.3) is 0 Å². The van der Waals surface area contributed by atoms with E-state index < -0.39 is 13.5 Å². The predicted octanol–water partition coefficient (Wildman–Crippen LogP) is 3.08. The molecule has 0 radical (unpaired) electrons. The van der Waals surface area contributed by atoms with Gasteiger partial charge in [-0.15, -0.1) is 0 Å². The van der Waals surface area contributed by atoms with Crippen molar-refractivity contribution in [2.24, 2.45) is 15.8 Å². The van der Waals surface area contributed by atoms with Crippen LogP contribution < -0.4 is 0 Å². The summed E-state index contributed by atoms with van der Waals surface area (Å²) in [6.45, 7) is 11.8. The van der Waals surface area contributed by atoms with Crippen LogP contribution >= 0.6 is 7.87 Å². The molecule has 0 fully saturated rings. The zero-order valence-electron chi connectivity index (χ0n) is 10.5. The van der Waals surface area contributed by atoms with Crippen molar-refractivity contribution in [2.45, 2.75) is 53.6 Å². The molecule has 0 aromatic heterocycles. The van der Waals surface area contributed by atoms with Gasteiger partial charge in [0.05, 0.1) is 0 Å². The standard InChI is InChI=1S/C10H24NO3P/c1-9(2,3)7-8(10(4,5)6)15(13,14)11-12/h8,13-15H,7H2,1-6H3. The molecule has 0 spiro atoms. The average molecular weight is 237 g/mol. The van der Waals surface area contributed by atoms with Crippen LogP contribution in [-0.4, -0.2) is 15.4 Å². The van der Waals surface area contributed by atoms with Crippen LogP contribution in [0.5, 0.6) is 0 Å². The van der Waals surface area contributed by atoms with Gasteiger partial charge in [-0.25, -0.2) is 0 Å². The summed E-state index contributed by atoms with van der Waals surface area (Å²) in [5.41, 5.74) is -0.814. The Hall–Kier alpha value is -0.0500. The van der Waals surface area contributed by atoms with Gasteiger partial charge >= 0.3 is 92.0 Å². The van der Waals surface area contributed by atoms with Crippen molar-refractivity contribution in [3.8, 4) is 0 Å². The Labute approximate surface area is 92.6 Å². The molecule has 5 heteroatoms. The molecule has 0 aromatic rings. The van der Waals surface area contributed by atoms with Crippen molar-refractivity contribution in [1.29, 1.82) is 0 Å². The van der Waals surface area contributed by atoms with Gasteiger partial charge in [-0.3, -0.25) is 0 Å². The van der Waals surface area contributed by atoms with Crippen molar-refractivity contribution < 1.29 is 9.79 Å². The number of rotatable bonds is 3. The van der Waals surface area contributed by atoms with E-state index in [0.717, 1.165) is 0 Å². The fourth-order valence-corrected chi connectivity index (χ4v) is 3.88. The van der Waals surface area contributed by atoms with Crippen molar-refractivity contribution in [1.82, 2.24) is 0 Å². The van der Waals surface area contributed by atoms with Crippen molar-refractivity contribution >= 4 is 7.87 Å². The Morgan fingerprint density at radius 1 is 1.13 bits per heavy atom. The zero-order valence-corrected chi connectivity index (χ0v) is 11.5. The van der Waals surface area contributed by atoms with E-state index in [1.165, 1.54) is 0 Å². The first-order valence-corrected chi connectivity index (χ1v) is 7.11. The van der Waals surface area contributed by atoms with Gasteiger partial charge in [0, 0.05) is 0 Å². The second-order valence-electron chi connectivity index (χ2n) is 6.46. The second kappa shape index (κ2) is 4.44. The van der Waals surface area contributed by atoms with E-state index in [9.17, 15) is 14.7 Å². The summed E-state index contributed by atoms with van der Waals surface area (Å²) in [5, 5.41) is 0. The molecule has 2 N–H and O–H groups in total. The minimum absolute atomic E-state index is 0.0493. The van der Waals surface area contributed by atoms with Crippen molar-refractivity contribution in [3.63, 3.8) is 0 Å². The van der Waals surface area contributed by atoms with Crippen LogP contribution in [0.15, 0.2) is 4.95 Å². The van der Waals surface area contributed by atoms with Crippen LogP contribution in [0.4, 0.5) is 0 Å². The topological polar surface area (TPSA) is 69.9 Å². The number of nitroso groups, excluding NO2 is 1. The van der Waals surface area contributed by atoms with E-state index in [2.05, 4.69) is 4.95 Å². The van der Waals surface area contributed by atoms with E-state index >= 15 is 0 Å². The van der Waals surface area contributed by atoms with Gasteiger partial charge in [-0.2, -0.15) is 0 Å². The van der Waals surface area contributed by atoms with Crippen molar-refractivity contribution in [2.75, 3.05) is 0 Å². The summed E-state index contributed by atoms with van der Waals surface area (Å²) >= 11 is 0. The fourth-order valence-electron chi connectivity index (χ4n) is 1.70. The quantitative estimate of drug-likeness (QED) is 0.585. The molecule has 15 heavy (non-hydrogen) atoms. The number of hydrogen-bond acceptors (Lipinski definition) is 4. The molecule has 4 nitrogen and oxygen atoms in total. The van der Waals surface area contributed by atoms with Gasteiger partial charge < -0.3 is 0 Å². The molecule has 1 atom stereocenters. The summed E-state index contributed by atoms with van der Waals surface area (Å²) in [7, 11) is -3.98. The van der Waals surface area contributed by atoms with E-state index in [-0.39, 0.29) is 10.8 Å². The van der Waals surface area contributed by atoms with Gasteiger partial charge in [0.25, 0.3) is 0 Å². The summed E-state index contributed by atoms with van der Waals surface area (Å²) in [5.74, 6) is 0. The zero-order chi connectivity index (χ0) is 12.5. The SMILES string of the molecule is CC(C)(C)CC(C(C)(C)C)[PH](O)(O)N=O. The molecule has 0 rings (SSSR count). The van der Waals surface area contributed by atoms with Gasteiger partial charge in [-0.05, 0) is 0 Å². The molecular weight excluding hydrogens is 213 g/mol. The van der Waals surface area contributed by atoms with E-state index in [1.54, 1.807) is 0 Å². The molecule has 0 aromatic carbocycles. The third-order valence-electron chi connectivity index (χ3n) is 2.46. The van der Waals surface area contributed by atoms with Crippen molar-refractivity contribution in [3.05, 3.63) is 4.91 Å². The molecular formula is C10H24NO3P. The van der Waals surface area contributed by atoms with E-state index in [0.29, 0.717) is 6.42 Å². The van der Waals surface area contributed by atoms with Gasteiger partial charge in [0.1, 0.15) is 0 Å². The Kier molecular flexibility index (Phi) is 4.43. The Morgan fingerprint density at radius 2 is 1.53 bits per heavy atom. The first-order valence-electron chi connectivity index (χ1n) is 5.19. The molecule has 0 aliphatic heterocycles. The molecule has 0 aliphatic rings. The maximum atomic E-state index is 10.5. The van der Waals surface area contributed by atoms with E-state index in [1.807, 2.05) is 41.5 Å². The third-order valence-corrected chi connectivity index (χ3v) is 4.74. The first-order chi connectivity index (χ1) is 6.40. The van der Waals surface area contributed by atoms with Crippen LogP contribution in [0, 0.1) is 15.7 Å². The van der Waals surface area contributed by atoms with Crippen LogP contribution in [0.1, 0.15) is 48.0 Å². The van der Waals surface area contributed by atoms with E-state index in [4.69, 9.17) is 0 Å². The van der Waals surface area contributed by atoms with Gasteiger partial charge in [-0.1, -0.05) is 0 Å². The van der Waals surface area contributed by atoms with Gasteiger partial charge in [0.2, 0.25) is 0 Å². The first kappa shape index (κ1) is 14.9. The van der Waals surface area contributed by atoms with Gasteiger partial charge in [0.15, 0.2) is 0 Å². The van der Waals surface area contributed by atoms with Crippen LogP contribution in [0.2, 0.25) is 0 Å². The number of nitrogens with zero attached hydrogens (tertiary/aromatic N) is 1. The summed E-state index contributed by atoms with van der Waals surface area (Å²) in [4.78, 5) is 32.5. The minimum atomic E-state index is -3.98. The summed E-state index contributed by atoms with van der Waals surface area (Å²) < 4.78 is 0. The van der Waals surface area contributed by atoms with Crippen LogP contribution in [0.3, 0.4) is 0 Å². The summed E-state index contributed by atoms with van der Waals surface area (Å²) in [6.07, 6.45) is 0.585. The second-order valence-corrected chi connectivity index (χ2v) is 8.72. The molecule has 0 saturated heterocycles.